The Hall–Kier alpha value is -3.06. The fraction of sp³-hybridized carbons (Fsp3) is 0.261. The van der Waals surface area contributed by atoms with Crippen LogP contribution in [0, 0.1) is 5.82 Å². The number of thiocarbonyl (C=S) groups is 1. The molecule has 0 radical (unpaired) electrons. The predicted octanol–water partition coefficient (Wildman–Crippen LogP) is 4.04. The van der Waals surface area contributed by atoms with Gasteiger partial charge in [0.1, 0.15) is 11.4 Å². The number of carbonyl (C=O) groups is 2. The van der Waals surface area contributed by atoms with Crippen LogP contribution in [0.5, 0.6) is 0 Å². The molecule has 4 rings (SSSR count). The molecule has 2 heterocycles. The minimum absolute atomic E-state index is 0.00918. The van der Waals surface area contributed by atoms with Gasteiger partial charge < -0.3 is 4.90 Å². The summed E-state index contributed by atoms with van der Waals surface area (Å²) in [7, 11) is 0. The van der Waals surface area contributed by atoms with Gasteiger partial charge in [0.25, 0.3) is 11.8 Å². The van der Waals surface area contributed by atoms with Crippen LogP contribution < -0.4 is 15.1 Å². The number of benzene rings is 2. The highest BCUT2D eigenvalue weighted by Gasteiger charge is 2.35. The number of hydrogen-bond donors (Lipinski definition) is 1. The Bertz CT molecular complexity index is 1010. The Balaban J connectivity index is 1.60. The summed E-state index contributed by atoms with van der Waals surface area (Å²) in [4.78, 5) is 28.8. The summed E-state index contributed by atoms with van der Waals surface area (Å²) in [6.45, 7) is 2.08. The van der Waals surface area contributed by atoms with E-state index in [9.17, 15) is 14.0 Å². The van der Waals surface area contributed by atoms with E-state index in [1.165, 1.54) is 50.0 Å². The zero-order valence-corrected chi connectivity index (χ0v) is 17.3. The Morgan fingerprint density at radius 2 is 1.60 bits per heavy atom. The first-order chi connectivity index (χ1) is 14.5. The zero-order valence-electron chi connectivity index (χ0n) is 16.4. The fourth-order valence-corrected chi connectivity index (χ4v) is 4.06. The summed E-state index contributed by atoms with van der Waals surface area (Å²) >= 11 is 5.11. The maximum atomic E-state index is 14.2. The first-order valence-corrected chi connectivity index (χ1v) is 10.5. The molecule has 0 spiro atoms. The van der Waals surface area contributed by atoms with Crippen molar-refractivity contribution in [3.63, 3.8) is 0 Å². The molecule has 2 aromatic carbocycles. The second-order valence-electron chi connectivity index (χ2n) is 7.40. The molecular formula is C23H22FN3O2S. The van der Waals surface area contributed by atoms with Crippen LogP contribution in [0.4, 0.5) is 15.8 Å². The molecular weight excluding hydrogens is 401 g/mol. The number of carbonyl (C=O) groups excluding carboxylic acids is 2. The quantitative estimate of drug-likeness (QED) is 0.460. The van der Waals surface area contributed by atoms with E-state index in [2.05, 4.69) is 10.2 Å². The van der Waals surface area contributed by atoms with Crippen LogP contribution in [0.15, 0.2) is 54.1 Å². The monoisotopic (exact) mass is 423 g/mol. The van der Waals surface area contributed by atoms with Crippen molar-refractivity contribution in [3.05, 3.63) is 65.5 Å². The van der Waals surface area contributed by atoms with Gasteiger partial charge in [-0.25, -0.2) is 9.29 Å². The van der Waals surface area contributed by atoms with Crippen molar-refractivity contribution < 1.29 is 14.0 Å². The highest BCUT2D eigenvalue weighted by molar-refractivity contribution is 7.80. The van der Waals surface area contributed by atoms with Crippen molar-refractivity contribution in [2.45, 2.75) is 25.7 Å². The lowest BCUT2D eigenvalue weighted by atomic mass is 10.1. The predicted molar refractivity (Wildman–Crippen MR) is 120 cm³/mol. The van der Waals surface area contributed by atoms with E-state index in [1.807, 2.05) is 24.3 Å². The normalized spacial score (nSPS) is 19.1. The van der Waals surface area contributed by atoms with Gasteiger partial charge in [-0.05, 0) is 61.0 Å². The molecule has 2 aliphatic heterocycles. The third-order valence-electron chi connectivity index (χ3n) is 5.37. The van der Waals surface area contributed by atoms with Crippen molar-refractivity contribution in [2.75, 3.05) is 22.9 Å². The molecule has 2 saturated heterocycles. The van der Waals surface area contributed by atoms with Crippen LogP contribution >= 0.6 is 12.2 Å². The van der Waals surface area contributed by atoms with Gasteiger partial charge in [-0.3, -0.25) is 14.9 Å². The van der Waals surface area contributed by atoms with E-state index in [0.29, 0.717) is 5.56 Å². The molecule has 0 bridgehead atoms. The minimum atomic E-state index is -0.648. The largest absolute Gasteiger partial charge is 0.372 e. The zero-order chi connectivity index (χ0) is 21.1. The molecule has 0 atom stereocenters. The van der Waals surface area contributed by atoms with Crippen LogP contribution in [0.3, 0.4) is 0 Å². The lowest BCUT2D eigenvalue weighted by Crippen LogP contribution is -2.54. The van der Waals surface area contributed by atoms with Crippen LogP contribution in [-0.2, 0) is 9.59 Å². The Morgan fingerprint density at radius 3 is 2.27 bits per heavy atom. The molecule has 0 saturated carbocycles. The fourth-order valence-electron chi connectivity index (χ4n) is 3.79. The van der Waals surface area contributed by atoms with E-state index < -0.39 is 17.6 Å². The highest BCUT2D eigenvalue weighted by Crippen LogP contribution is 2.25. The summed E-state index contributed by atoms with van der Waals surface area (Å²) in [5.41, 5.74) is 1.77. The summed E-state index contributed by atoms with van der Waals surface area (Å²) in [6.07, 6.45) is 6.41. The first-order valence-electron chi connectivity index (χ1n) is 10.1. The molecule has 0 unspecified atom stereocenters. The molecule has 2 amide bonds. The van der Waals surface area contributed by atoms with Crippen LogP contribution in [0.25, 0.3) is 6.08 Å². The molecule has 5 nitrogen and oxygen atoms in total. The average Bonchev–Trinajstić information content (AvgIpc) is 3.02. The second kappa shape index (κ2) is 8.75. The number of anilines is 2. The number of halogens is 1. The van der Waals surface area contributed by atoms with E-state index >= 15 is 0 Å². The van der Waals surface area contributed by atoms with Crippen molar-refractivity contribution in [2.24, 2.45) is 0 Å². The third kappa shape index (κ3) is 4.11. The average molecular weight is 424 g/mol. The number of rotatable bonds is 3. The first kappa shape index (κ1) is 20.2. The van der Waals surface area contributed by atoms with Gasteiger partial charge in [0, 0.05) is 18.8 Å². The number of para-hydroxylation sites is 1. The summed E-state index contributed by atoms with van der Waals surface area (Å²) in [6, 6.07) is 13.6. The van der Waals surface area contributed by atoms with E-state index in [4.69, 9.17) is 12.2 Å². The van der Waals surface area contributed by atoms with Gasteiger partial charge in [0.15, 0.2) is 5.11 Å². The number of nitrogens with one attached hydrogen (secondary N) is 1. The molecule has 0 aromatic heterocycles. The molecule has 1 N–H and O–H groups in total. The Morgan fingerprint density at radius 1 is 0.933 bits per heavy atom. The third-order valence-corrected chi connectivity index (χ3v) is 5.65. The van der Waals surface area contributed by atoms with E-state index in [1.54, 1.807) is 6.07 Å². The lowest BCUT2D eigenvalue weighted by Gasteiger charge is -2.29. The molecule has 7 heteroatoms. The summed E-state index contributed by atoms with van der Waals surface area (Å²) < 4.78 is 14.2. The lowest BCUT2D eigenvalue weighted by molar-refractivity contribution is -0.122. The molecule has 30 heavy (non-hydrogen) atoms. The summed E-state index contributed by atoms with van der Waals surface area (Å²) in [5, 5.41) is 2.34. The Kier molecular flexibility index (Phi) is 5.90. The van der Waals surface area contributed by atoms with Crippen LogP contribution in [-0.4, -0.2) is 30.0 Å². The van der Waals surface area contributed by atoms with E-state index in [0.717, 1.165) is 23.7 Å². The van der Waals surface area contributed by atoms with E-state index in [-0.39, 0.29) is 16.4 Å². The number of hydrogen-bond acceptors (Lipinski definition) is 4. The molecule has 2 aromatic rings. The smallest absolute Gasteiger partial charge is 0.270 e. The van der Waals surface area contributed by atoms with Crippen molar-refractivity contribution in [1.29, 1.82) is 0 Å². The van der Waals surface area contributed by atoms with Gasteiger partial charge in [0.05, 0.1) is 5.69 Å². The van der Waals surface area contributed by atoms with Gasteiger partial charge in [0.2, 0.25) is 0 Å². The van der Waals surface area contributed by atoms with Gasteiger partial charge in [-0.1, -0.05) is 37.1 Å². The summed E-state index contributed by atoms with van der Waals surface area (Å²) in [5.74, 6) is -1.83. The number of amides is 2. The number of nitrogens with zero attached hydrogens (tertiary/aromatic N) is 2. The maximum Gasteiger partial charge on any atom is 0.270 e. The molecule has 2 aliphatic rings. The Labute approximate surface area is 180 Å². The maximum absolute atomic E-state index is 14.2. The van der Waals surface area contributed by atoms with Crippen LogP contribution in [0.2, 0.25) is 0 Å². The van der Waals surface area contributed by atoms with Gasteiger partial charge in [-0.15, -0.1) is 0 Å². The molecule has 154 valence electrons. The minimum Gasteiger partial charge on any atom is -0.372 e. The van der Waals surface area contributed by atoms with Crippen LogP contribution in [0.1, 0.15) is 31.2 Å². The second-order valence-corrected chi connectivity index (χ2v) is 7.79. The van der Waals surface area contributed by atoms with Crippen molar-refractivity contribution in [3.8, 4) is 0 Å². The van der Waals surface area contributed by atoms with Crippen molar-refractivity contribution >= 4 is 46.6 Å². The highest BCUT2D eigenvalue weighted by atomic mass is 32.1. The SMILES string of the molecule is O=C1NC(=S)N(c2ccccc2F)C(=O)/C1=C/c1ccc(N2CCCCCC2)cc1. The van der Waals surface area contributed by atoms with Gasteiger partial charge >= 0.3 is 0 Å². The molecule has 0 aliphatic carbocycles. The standard InChI is InChI=1S/C23H22FN3O2S/c24-19-7-3-4-8-20(19)27-22(29)18(21(28)25-23(27)30)15-16-9-11-17(12-10-16)26-13-5-1-2-6-14-26/h3-4,7-12,15H,1-2,5-6,13-14H2,(H,25,28,30)/b18-15+. The van der Waals surface area contributed by atoms with Gasteiger partial charge in [-0.2, -0.15) is 0 Å². The van der Waals surface area contributed by atoms with Crippen molar-refractivity contribution in [1.82, 2.24) is 5.32 Å². The topological polar surface area (TPSA) is 52.7 Å². The molecule has 2 fully saturated rings.